The van der Waals surface area contributed by atoms with Crippen LogP contribution in [0.2, 0.25) is 5.02 Å². The van der Waals surface area contributed by atoms with Crippen molar-refractivity contribution in [2.45, 2.75) is 48.2 Å². The number of hydrogen-bond donors (Lipinski definition) is 1. The van der Waals surface area contributed by atoms with Crippen LogP contribution in [-0.2, 0) is 0 Å². The maximum Gasteiger partial charge on any atom is 0.0417 e. The first-order chi connectivity index (χ1) is 8.65. The van der Waals surface area contributed by atoms with Crippen molar-refractivity contribution in [2.75, 3.05) is 6.54 Å². The van der Waals surface area contributed by atoms with Gasteiger partial charge in [0.25, 0.3) is 0 Å². The second-order valence-electron chi connectivity index (χ2n) is 6.01. The Bertz CT molecular complexity index is 432. The van der Waals surface area contributed by atoms with E-state index in [1.807, 2.05) is 23.9 Å². The minimum absolute atomic E-state index is 0.273. The molecule has 0 unspecified atom stereocenters. The third-order valence-electron chi connectivity index (χ3n) is 4.56. The number of benzene rings is 1. The van der Waals surface area contributed by atoms with E-state index in [1.165, 1.54) is 43.4 Å². The van der Waals surface area contributed by atoms with Crippen LogP contribution in [0.4, 0.5) is 0 Å². The molecule has 1 nitrogen and oxygen atoms in total. The van der Waals surface area contributed by atoms with E-state index in [-0.39, 0.29) is 4.75 Å². The van der Waals surface area contributed by atoms with Gasteiger partial charge in [0, 0.05) is 21.2 Å². The van der Waals surface area contributed by atoms with Gasteiger partial charge in [-0.15, -0.1) is 11.8 Å². The minimum atomic E-state index is 0.273. The Labute approximate surface area is 118 Å². The van der Waals surface area contributed by atoms with E-state index >= 15 is 0 Å². The second kappa shape index (κ2) is 4.73. The van der Waals surface area contributed by atoms with Gasteiger partial charge < -0.3 is 5.73 Å². The molecule has 2 N–H and O–H groups in total. The zero-order valence-electron chi connectivity index (χ0n) is 10.6. The lowest BCUT2D eigenvalue weighted by molar-refractivity contribution is 0.0935. The number of hydrogen-bond acceptors (Lipinski definition) is 2. The summed E-state index contributed by atoms with van der Waals surface area (Å²) in [5, 5.41) is 0.821. The molecule has 2 aliphatic carbocycles. The summed E-state index contributed by atoms with van der Waals surface area (Å²) in [6, 6.07) is 8.16. The molecule has 2 aliphatic rings. The van der Waals surface area contributed by atoms with E-state index < -0.39 is 0 Å². The van der Waals surface area contributed by atoms with Gasteiger partial charge in [-0.05, 0) is 49.3 Å². The first-order valence-electron chi connectivity index (χ1n) is 6.80. The molecule has 0 aromatic heterocycles. The fourth-order valence-corrected chi connectivity index (χ4v) is 5.76. The van der Waals surface area contributed by atoms with Crippen LogP contribution in [0.5, 0.6) is 0 Å². The summed E-state index contributed by atoms with van der Waals surface area (Å²) >= 11 is 8.00. The Morgan fingerprint density at radius 2 is 1.94 bits per heavy atom. The van der Waals surface area contributed by atoms with E-state index in [2.05, 4.69) is 12.1 Å². The van der Waals surface area contributed by atoms with E-state index in [0.29, 0.717) is 5.41 Å². The maximum absolute atomic E-state index is 6.05. The van der Waals surface area contributed by atoms with E-state index in [1.54, 1.807) is 0 Å². The Morgan fingerprint density at radius 3 is 2.56 bits per heavy atom. The van der Waals surface area contributed by atoms with Crippen molar-refractivity contribution >= 4 is 23.4 Å². The second-order valence-corrected chi connectivity index (χ2v) is 7.99. The molecule has 1 aromatic carbocycles. The Kier molecular flexibility index (Phi) is 3.38. The molecule has 1 spiro atoms. The van der Waals surface area contributed by atoms with Gasteiger partial charge in [0.05, 0.1) is 0 Å². The summed E-state index contributed by atoms with van der Waals surface area (Å²) in [6.07, 6.45) is 8.28. The van der Waals surface area contributed by atoms with Crippen molar-refractivity contribution in [2.24, 2.45) is 11.1 Å². The number of halogens is 1. The highest BCUT2D eigenvalue weighted by Gasteiger charge is 2.54. The van der Waals surface area contributed by atoms with Gasteiger partial charge in [0.15, 0.2) is 0 Å². The Morgan fingerprint density at radius 1 is 1.22 bits per heavy atom. The van der Waals surface area contributed by atoms with Crippen LogP contribution < -0.4 is 5.73 Å². The summed E-state index contributed by atoms with van der Waals surface area (Å²) in [7, 11) is 0. The predicted molar refractivity (Wildman–Crippen MR) is 79.2 cm³/mol. The first kappa shape index (κ1) is 12.8. The van der Waals surface area contributed by atoms with Gasteiger partial charge in [-0.3, -0.25) is 0 Å². The van der Waals surface area contributed by atoms with Crippen LogP contribution in [0.3, 0.4) is 0 Å². The molecule has 1 aromatic rings. The van der Waals surface area contributed by atoms with Gasteiger partial charge in [-0.1, -0.05) is 30.5 Å². The lowest BCUT2D eigenvalue weighted by Crippen LogP contribution is -2.52. The fourth-order valence-electron chi connectivity index (χ4n) is 3.83. The molecule has 18 heavy (non-hydrogen) atoms. The average molecular weight is 282 g/mol. The molecule has 98 valence electrons. The maximum atomic E-state index is 6.05. The van der Waals surface area contributed by atoms with Crippen LogP contribution in [0, 0.1) is 5.41 Å². The molecular formula is C15H20ClNS. The number of rotatable bonds is 3. The molecule has 0 radical (unpaired) electrons. The van der Waals surface area contributed by atoms with Crippen LogP contribution >= 0.6 is 23.4 Å². The topological polar surface area (TPSA) is 26.0 Å². The van der Waals surface area contributed by atoms with Gasteiger partial charge >= 0.3 is 0 Å². The van der Waals surface area contributed by atoms with Crippen LogP contribution in [0.15, 0.2) is 29.2 Å². The molecule has 3 rings (SSSR count). The van der Waals surface area contributed by atoms with Gasteiger partial charge in [0.2, 0.25) is 0 Å². The summed E-state index contributed by atoms with van der Waals surface area (Å²) in [5.74, 6) is 0. The summed E-state index contributed by atoms with van der Waals surface area (Å²) in [6.45, 7) is 0.784. The highest BCUT2D eigenvalue weighted by atomic mass is 35.5. The van der Waals surface area contributed by atoms with Crippen molar-refractivity contribution in [1.29, 1.82) is 0 Å². The first-order valence-corrected chi connectivity index (χ1v) is 8.00. The Balaban J connectivity index is 1.71. The smallest absolute Gasteiger partial charge is 0.0417 e. The monoisotopic (exact) mass is 281 g/mol. The largest absolute Gasteiger partial charge is 0.329 e. The van der Waals surface area contributed by atoms with Crippen molar-refractivity contribution in [3.8, 4) is 0 Å². The molecule has 0 aliphatic heterocycles. The molecule has 0 amide bonds. The van der Waals surface area contributed by atoms with Gasteiger partial charge in [-0.25, -0.2) is 0 Å². The quantitative estimate of drug-likeness (QED) is 0.884. The standard InChI is InChI=1S/C15H20ClNS/c16-12-4-3-5-13(8-12)18-15(11-17)9-14(10-15)6-1-2-7-14/h3-5,8H,1-2,6-7,9-11,17H2. The molecule has 0 heterocycles. The van der Waals surface area contributed by atoms with Gasteiger partial charge in [0.1, 0.15) is 0 Å². The summed E-state index contributed by atoms with van der Waals surface area (Å²) < 4.78 is 0.273. The third-order valence-corrected chi connectivity index (χ3v) is 6.17. The zero-order valence-corrected chi connectivity index (χ0v) is 12.2. The molecule has 0 atom stereocenters. The molecule has 0 saturated heterocycles. The average Bonchev–Trinajstić information content (AvgIpc) is 2.77. The van der Waals surface area contributed by atoms with E-state index in [9.17, 15) is 0 Å². The zero-order chi connectivity index (χ0) is 12.6. The summed E-state index contributed by atoms with van der Waals surface area (Å²) in [4.78, 5) is 1.26. The third kappa shape index (κ3) is 2.31. The number of thioether (sulfide) groups is 1. The fraction of sp³-hybridized carbons (Fsp3) is 0.600. The van der Waals surface area contributed by atoms with Crippen molar-refractivity contribution in [3.05, 3.63) is 29.3 Å². The van der Waals surface area contributed by atoms with E-state index in [4.69, 9.17) is 17.3 Å². The summed E-state index contributed by atoms with van der Waals surface area (Å²) in [5.41, 5.74) is 6.70. The highest BCUT2D eigenvalue weighted by Crippen LogP contribution is 2.63. The number of nitrogens with two attached hydrogens (primary N) is 1. The normalized spacial score (nSPS) is 24.1. The van der Waals surface area contributed by atoms with Crippen molar-refractivity contribution in [3.63, 3.8) is 0 Å². The minimum Gasteiger partial charge on any atom is -0.329 e. The lowest BCUT2D eigenvalue weighted by atomic mass is 9.60. The lowest BCUT2D eigenvalue weighted by Gasteiger charge is -2.54. The van der Waals surface area contributed by atoms with Crippen molar-refractivity contribution < 1.29 is 0 Å². The molecular weight excluding hydrogens is 262 g/mol. The Hall–Kier alpha value is -0.180. The predicted octanol–water partition coefficient (Wildman–Crippen LogP) is 4.48. The van der Waals surface area contributed by atoms with Crippen LogP contribution in [0.1, 0.15) is 38.5 Å². The molecule has 3 heteroatoms. The van der Waals surface area contributed by atoms with Crippen molar-refractivity contribution in [1.82, 2.24) is 0 Å². The highest BCUT2D eigenvalue weighted by molar-refractivity contribution is 8.00. The SMILES string of the molecule is NCC1(Sc2cccc(Cl)c2)CC2(CCCC2)C1. The van der Waals surface area contributed by atoms with E-state index in [0.717, 1.165) is 11.6 Å². The molecule has 2 saturated carbocycles. The van der Waals surface area contributed by atoms with Crippen LogP contribution in [-0.4, -0.2) is 11.3 Å². The van der Waals surface area contributed by atoms with Crippen LogP contribution in [0.25, 0.3) is 0 Å². The molecule has 2 fully saturated rings. The van der Waals surface area contributed by atoms with Gasteiger partial charge in [-0.2, -0.15) is 0 Å². The molecule has 0 bridgehead atoms.